The van der Waals surface area contributed by atoms with Gasteiger partial charge in [-0.1, -0.05) is 0 Å². The number of hydrogen-bond donors (Lipinski definition) is 2. The summed E-state index contributed by atoms with van der Waals surface area (Å²) in [5, 5.41) is 12.9. The molecule has 0 bridgehead atoms. The minimum atomic E-state index is 0.112. The number of aliphatic hydroxyl groups is 1. The zero-order valence-electron chi connectivity index (χ0n) is 10.7. The zero-order chi connectivity index (χ0) is 12.8. The molecule has 0 amide bonds. The van der Waals surface area contributed by atoms with Crippen molar-refractivity contribution in [2.45, 2.75) is 25.5 Å². The van der Waals surface area contributed by atoms with Gasteiger partial charge in [-0.2, -0.15) is 5.10 Å². The van der Waals surface area contributed by atoms with Gasteiger partial charge in [-0.3, -0.25) is 4.68 Å². The Morgan fingerprint density at radius 3 is 2.78 bits per heavy atom. The smallest absolute Gasteiger partial charge is 0.145 e. The lowest BCUT2D eigenvalue weighted by Gasteiger charge is -2.31. The summed E-state index contributed by atoms with van der Waals surface area (Å²) in [6.45, 7) is 4.53. The van der Waals surface area contributed by atoms with Crippen molar-refractivity contribution < 1.29 is 9.84 Å². The molecule has 0 radical (unpaired) electrons. The van der Waals surface area contributed by atoms with Gasteiger partial charge in [0.15, 0.2) is 0 Å². The van der Waals surface area contributed by atoms with E-state index in [0.717, 1.165) is 39.0 Å². The van der Waals surface area contributed by atoms with Crippen molar-refractivity contribution in [2.24, 2.45) is 0 Å². The summed E-state index contributed by atoms with van der Waals surface area (Å²) >= 11 is 0. The number of nitrogens with two attached hydrogens (primary N) is 1. The average molecular weight is 254 g/mol. The fourth-order valence-electron chi connectivity index (χ4n) is 2.26. The molecule has 0 atom stereocenters. The molecule has 1 aliphatic rings. The van der Waals surface area contributed by atoms with Crippen molar-refractivity contribution in [1.82, 2.24) is 14.7 Å². The van der Waals surface area contributed by atoms with Gasteiger partial charge < -0.3 is 20.5 Å². The molecule has 1 aliphatic heterocycles. The van der Waals surface area contributed by atoms with Crippen LogP contribution in [0.1, 0.15) is 12.8 Å². The normalized spacial score (nSPS) is 18.3. The van der Waals surface area contributed by atoms with E-state index in [2.05, 4.69) is 10.00 Å². The average Bonchev–Trinajstić information content (AvgIpc) is 2.81. The summed E-state index contributed by atoms with van der Waals surface area (Å²) in [7, 11) is 0. The van der Waals surface area contributed by atoms with Crippen LogP contribution in [0.3, 0.4) is 0 Å². The van der Waals surface area contributed by atoms with Crippen molar-refractivity contribution in [3.05, 3.63) is 12.3 Å². The molecule has 3 N–H and O–H groups in total. The number of piperidine rings is 1. The van der Waals surface area contributed by atoms with Crippen LogP contribution in [-0.4, -0.2) is 58.7 Å². The summed E-state index contributed by atoms with van der Waals surface area (Å²) < 4.78 is 7.41. The SMILES string of the molecule is Nc1ccn(CCN2CCC(OCCO)CC2)n1. The van der Waals surface area contributed by atoms with Crippen LogP contribution >= 0.6 is 0 Å². The topological polar surface area (TPSA) is 76.5 Å². The predicted octanol–water partition coefficient (Wildman–Crippen LogP) is -0.0614. The number of rotatable bonds is 6. The molecular weight excluding hydrogens is 232 g/mol. The van der Waals surface area contributed by atoms with E-state index in [1.54, 1.807) is 0 Å². The first kappa shape index (κ1) is 13.3. The number of aromatic nitrogens is 2. The molecule has 102 valence electrons. The Morgan fingerprint density at radius 2 is 2.17 bits per heavy atom. The first-order chi connectivity index (χ1) is 8.78. The van der Waals surface area contributed by atoms with E-state index in [1.807, 2.05) is 16.9 Å². The minimum Gasteiger partial charge on any atom is -0.394 e. The van der Waals surface area contributed by atoms with E-state index in [1.165, 1.54) is 0 Å². The van der Waals surface area contributed by atoms with E-state index in [0.29, 0.717) is 18.5 Å². The van der Waals surface area contributed by atoms with Gasteiger partial charge in [-0.05, 0) is 18.9 Å². The van der Waals surface area contributed by atoms with E-state index in [9.17, 15) is 0 Å². The second-order valence-electron chi connectivity index (χ2n) is 4.64. The highest BCUT2D eigenvalue weighted by Gasteiger charge is 2.19. The van der Waals surface area contributed by atoms with Crippen molar-refractivity contribution >= 4 is 5.82 Å². The van der Waals surface area contributed by atoms with E-state index >= 15 is 0 Å². The maximum Gasteiger partial charge on any atom is 0.145 e. The highest BCUT2D eigenvalue weighted by atomic mass is 16.5. The van der Waals surface area contributed by atoms with Crippen molar-refractivity contribution in [1.29, 1.82) is 0 Å². The molecule has 18 heavy (non-hydrogen) atoms. The Labute approximate surface area is 107 Å². The molecule has 0 unspecified atom stereocenters. The van der Waals surface area contributed by atoms with Crippen LogP contribution in [0.25, 0.3) is 0 Å². The van der Waals surface area contributed by atoms with Gasteiger partial charge in [0.2, 0.25) is 0 Å². The molecule has 1 aromatic heterocycles. The predicted molar refractivity (Wildman–Crippen MR) is 69.1 cm³/mol. The molecule has 0 spiro atoms. The number of nitrogens with zero attached hydrogens (tertiary/aromatic N) is 3. The van der Waals surface area contributed by atoms with Crippen LogP contribution in [0, 0.1) is 0 Å². The van der Waals surface area contributed by atoms with Gasteiger partial charge in [0, 0.05) is 25.8 Å². The van der Waals surface area contributed by atoms with Crippen LogP contribution < -0.4 is 5.73 Å². The Morgan fingerprint density at radius 1 is 1.39 bits per heavy atom. The summed E-state index contributed by atoms with van der Waals surface area (Å²) in [6, 6.07) is 1.81. The zero-order valence-corrected chi connectivity index (χ0v) is 10.7. The third-order valence-corrected chi connectivity index (χ3v) is 3.29. The maximum absolute atomic E-state index is 8.71. The van der Waals surface area contributed by atoms with Gasteiger partial charge in [-0.15, -0.1) is 0 Å². The van der Waals surface area contributed by atoms with Crippen molar-refractivity contribution in [3.8, 4) is 0 Å². The van der Waals surface area contributed by atoms with Crippen LogP contribution in [0.4, 0.5) is 5.82 Å². The van der Waals surface area contributed by atoms with E-state index in [-0.39, 0.29) is 6.61 Å². The number of hydrogen-bond acceptors (Lipinski definition) is 5. The number of nitrogen functional groups attached to an aromatic ring is 1. The minimum absolute atomic E-state index is 0.112. The molecule has 0 aromatic carbocycles. The van der Waals surface area contributed by atoms with Gasteiger partial charge in [0.25, 0.3) is 0 Å². The standard InChI is InChI=1S/C12H22N4O2/c13-12-3-6-16(14-12)8-7-15-4-1-11(2-5-15)18-10-9-17/h3,6,11,17H,1-2,4-5,7-10H2,(H2,13,14). The van der Waals surface area contributed by atoms with E-state index in [4.69, 9.17) is 15.6 Å². The summed E-state index contributed by atoms with van der Waals surface area (Å²) in [5.41, 5.74) is 5.57. The second-order valence-corrected chi connectivity index (χ2v) is 4.64. The van der Waals surface area contributed by atoms with Gasteiger partial charge in [0.05, 0.1) is 25.9 Å². The first-order valence-electron chi connectivity index (χ1n) is 6.51. The van der Waals surface area contributed by atoms with Crippen LogP contribution in [-0.2, 0) is 11.3 Å². The van der Waals surface area contributed by atoms with Gasteiger partial charge in [0.1, 0.15) is 5.82 Å². The fourth-order valence-corrected chi connectivity index (χ4v) is 2.26. The summed E-state index contributed by atoms with van der Waals surface area (Å²) in [6.07, 6.45) is 4.31. The monoisotopic (exact) mass is 254 g/mol. The molecule has 2 heterocycles. The van der Waals surface area contributed by atoms with Crippen LogP contribution in [0.5, 0.6) is 0 Å². The lowest BCUT2D eigenvalue weighted by atomic mass is 10.1. The highest BCUT2D eigenvalue weighted by molar-refractivity contribution is 5.23. The molecule has 1 aromatic rings. The second kappa shape index (κ2) is 6.72. The number of aliphatic hydroxyl groups excluding tert-OH is 1. The maximum atomic E-state index is 8.71. The van der Waals surface area contributed by atoms with Crippen molar-refractivity contribution in [2.75, 3.05) is 38.6 Å². The van der Waals surface area contributed by atoms with Gasteiger partial charge >= 0.3 is 0 Å². The summed E-state index contributed by atoms with van der Waals surface area (Å²) in [5.74, 6) is 0.575. The molecule has 6 nitrogen and oxygen atoms in total. The molecule has 0 aliphatic carbocycles. The highest BCUT2D eigenvalue weighted by Crippen LogP contribution is 2.13. The fraction of sp³-hybridized carbons (Fsp3) is 0.750. The molecular formula is C12H22N4O2. The van der Waals surface area contributed by atoms with Crippen LogP contribution in [0.2, 0.25) is 0 Å². The van der Waals surface area contributed by atoms with Gasteiger partial charge in [-0.25, -0.2) is 0 Å². The Balaban J connectivity index is 1.64. The molecule has 0 saturated carbocycles. The quantitative estimate of drug-likeness (QED) is 0.743. The van der Waals surface area contributed by atoms with Crippen LogP contribution in [0.15, 0.2) is 12.3 Å². The van der Waals surface area contributed by atoms with Crippen molar-refractivity contribution in [3.63, 3.8) is 0 Å². The molecule has 1 fully saturated rings. The Hall–Kier alpha value is -1.11. The Bertz CT molecular complexity index is 348. The Kier molecular flexibility index (Phi) is 4.98. The molecule has 6 heteroatoms. The summed E-state index contributed by atoms with van der Waals surface area (Å²) in [4.78, 5) is 2.41. The molecule has 1 saturated heterocycles. The number of likely N-dealkylation sites (tertiary alicyclic amines) is 1. The lowest BCUT2D eigenvalue weighted by Crippen LogP contribution is -2.39. The number of anilines is 1. The lowest BCUT2D eigenvalue weighted by molar-refractivity contribution is -0.00822. The largest absolute Gasteiger partial charge is 0.394 e. The third-order valence-electron chi connectivity index (χ3n) is 3.29. The molecule has 2 rings (SSSR count). The first-order valence-corrected chi connectivity index (χ1v) is 6.51. The number of ether oxygens (including phenoxy) is 1. The van der Waals surface area contributed by atoms with E-state index < -0.39 is 0 Å². The third kappa shape index (κ3) is 3.97.